The van der Waals surface area contributed by atoms with Crippen molar-refractivity contribution in [3.63, 3.8) is 0 Å². The first-order valence-electron chi connectivity index (χ1n) is 5.19. The molecule has 1 aliphatic heterocycles. The molecule has 4 nitrogen and oxygen atoms in total. The molecule has 1 amide bonds. The van der Waals surface area contributed by atoms with Crippen LogP contribution in [0, 0.1) is 6.92 Å². The number of hydrogen-bond donors (Lipinski definition) is 2. The molecule has 5 heteroatoms. The molecule has 15 heavy (non-hydrogen) atoms. The summed E-state index contributed by atoms with van der Waals surface area (Å²) < 4.78 is 0. The van der Waals surface area contributed by atoms with E-state index in [1.807, 2.05) is 12.3 Å². The second kappa shape index (κ2) is 4.61. The maximum atomic E-state index is 11.3. The Bertz CT molecular complexity index is 350. The fraction of sp³-hybridized carbons (Fsp3) is 0.600. The van der Waals surface area contributed by atoms with Gasteiger partial charge in [-0.3, -0.25) is 4.79 Å². The molecule has 82 valence electrons. The van der Waals surface area contributed by atoms with Gasteiger partial charge in [0, 0.05) is 24.4 Å². The fourth-order valence-electron chi connectivity index (χ4n) is 1.69. The average Bonchev–Trinajstić information content (AvgIpc) is 2.46. The van der Waals surface area contributed by atoms with Crippen molar-refractivity contribution in [2.24, 2.45) is 0 Å². The molecule has 2 rings (SSSR count). The third kappa shape index (κ3) is 2.92. The van der Waals surface area contributed by atoms with Crippen LogP contribution in [-0.4, -0.2) is 23.5 Å². The van der Waals surface area contributed by atoms with E-state index in [1.54, 1.807) is 11.3 Å². The second-order valence-electron chi connectivity index (χ2n) is 3.83. The molecule has 1 saturated heterocycles. The summed E-state index contributed by atoms with van der Waals surface area (Å²) in [6.45, 7) is 2.77. The molecule has 0 bridgehead atoms. The van der Waals surface area contributed by atoms with Crippen LogP contribution in [0.3, 0.4) is 0 Å². The summed E-state index contributed by atoms with van der Waals surface area (Å²) in [7, 11) is 0. The van der Waals surface area contributed by atoms with Crippen molar-refractivity contribution < 1.29 is 4.79 Å². The Morgan fingerprint density at radius 2 is 2.53 bits per heavy atom. The molecule has 0 aromatic carbocycles. The minimum absolute atomic E-state index is 0.137. The molecule has 1 aromatic rings. The molecule has 0 spiro atoms. The van der Waals surface area contributed by atoms with Crippen LogP contribution in [0.4, 0.5) is 5.13 Å². The second-order valence-corrected chi connectivity index (χ2v) is 4.69. The zero-order valence-electron chi connectivity index (χ0n) is 8.75. The monoisotopic (exact) mass is 225 g/mol. The predicted molar refractivity (Wildman–Crippen MR) is 61.1 cm³/mol. The molecule has 2 N–H and O–H groups in total. The smallest absolute Gasteiger partial charge is 0.222 e. The summed E-state index contributed by atoms with van der Waals surface area (Å²) in [6, 6.07) is 0.234. The van der Waals surface area contributed by atoms with Crippen molar-refractivity contribution in [2.45, 2.75) is 32.2 Å². The third-order valence-electron chi connectivity index (χ3n) is 2.43. The van der Waals surface area contributed by atoms with Gasteiger partial charge in [-0.1, -0.05) is 0 Å². The van der Waals surface area contributed by atoms with Crippen molar-refractivity contribution >= 4 is 22.4 Å². The Kier molecular flexibility index (Phi) is 3.20. The van der Waals surface area contributed by atoms with E-state index >= 15 is 0 Å². The first-order valence-corrected chi connectivity index (χ1v) is 6.07. The molecule has 2 heterocycles. The van der Waals surface area contributed by atoms with Gasteiger partial charge in [-0.15, -0.1) is 11.3 Å². The highest BCUT2D eigenvalue weighted by Crippen LogP contribution is 2.18. The van der Waals surface area contributed by atoms with Crippen LogP contribution in [0.15, 0.2) is 5.38 Å². The van der Waals surface area contributed by atoms with E-state index in [9.17, 15) is 4.79 Å². The molecule has 1 atom stereocenters. The van der Waals surface area contributed by atoms with E-state index in [0.29, 0.717) is 6.42 Å². The Hall–Kier alpha value is -1.10. The number of carbonyl (C=O) groups is 1. The van der Waals surface area contributed by atoms with Crippen molar-refractivity contribution in [1.82, 2.24) is 10.3 Å². The van der Waals surface area contributed by atoms with Gasteiger partial charge in [-0.05, 0) is 19.8 Å². The van der Waals surface area contributed by atoms with Crippen LogP contribution in [0.1, 0.15) is 25.0 Å². The number of amides is 1. The number of rotatable bonds is 2. The quantitative estimate of drug-likeness (QED) is 0.802. The number of aryl methyl sites for hydroxylation is 1. The Morgan fingerprint density at radius 1 is 1.67 bits per heavy atom. The van der Waals surface area contributed by atoms with Crippen LogP contribution < -0.4 is 10.6 Å². The molecular formula is C10H15N3OS. The normalized spacial score (nSPS) is 21.9. The van der Waals surface area contributed by atoms with Crippen molar-refractivity contribution in [3.05, 3.63) is 11.1 Å². The van der Waals surface area contributed by atoms with Crippen LogP contribution >= 0.6 is 11.3 Å². The lowest BCUT2D eigenvalue weighted by Crippen LogP contribution is -2.26. The minimum atomic E-state index is 0.137. The summed E-state index contributed by atoms with van der Waals surface area (Å²) in [6.07, 6.45) is 2.61. The van der Waals surface area contributed by atoms with Crippen LogP contribution in [0.25, 0.3) is 0 Å². The Balaban J connectivity index is 1.95. The van der Waals surface area contributed by atoms with Crippen LogP contribution in [0.2, 0.25) is 0 Å². The van der Waals surface area contributed by atoms with E-state index < -0.39 is 0 Å². The van der Waals surface area contributed by atoms with Gasteiger partial charge < -0.3 is 10.6 Å². The largest absolute Gasteiger partial charge is 0.358 e. The number of anilines is 1. The number of aromatic nitrogens is 1. The van der Waals surface area contributed by atoms with Gasteiger partial charge in [-0.2, -0.15) is 0 Å². The van der Waals surface area contributed by atoms with Crippen molar-refractivity contribution in [3.8, 4) is 0 Å². The lowest BCUT2D eigenvalue weighted by atomic mass is 10.1. The molecule has 1 aromatic heterocycles. The number of nitrogens with one attached hydrogen (secondary N) is 2. The Labute approximate surface area is 93.1 Å². The summed E-state index contributed by atoms with van der Waals surface area (Å²) >= 11 is 1.60. The molecule has 0 radical (unpaired) electrons. The van der Waals surface area contributed by atoms with Crippen molar-refractivity contribution in [2.75, 3.05) is 11.9 Å². The van der Waals surface area contributed by atoms with E-state index in [2.05, 4.69) is 15.6 Å². The summed E-state index contributed by atoms with van der Waals surface area (Å²) in [5.41, 5.74) is 1.03. The van der Waals surface area contributed by atoms with Gasteiger partial charge in [0.1, 0.15) is 0 Å². The first-order chi connectivity index (χ1) is 7.24. The van der Waals surface area contributed by atoms with Crippen LogP contribution in [-0.2, 0) is 4.79 Å². The van der Waals surface area contributed by atoms with E-state index in [-0.39, 0.29) is 11.9 Å². The molecule has 1 unspecified atom stereocenters. The van der Waals surface area contributed by atoms with Gasteiger partial charge in [-0.25, -0.2) is 4.98 Å². The van der Waals surface area contributed by atoms with E-state index in [0.717, 1.165) is 30.2 Å². The highest BCUT2D eigenvalue weighted by Gasteiger charge is 2.17. The topological polar surface area (TPSA) is 54.0 Å². The SMILES string of the molecule is Cc1csc(NC2CCCNC(=O)C2)n1. The molecule has 1 aliphatic rings. The van der Waals surface area contributed by atoms with Gasteiger partial charge in [0.15, 0.2) is 5.13 Å². The van der Waals surface area contributed by atoms with E-state index in [4.69, 9.17) is 0 Å². The highest BCUT2D eigenvalue weighted by molar-refractivity contribution is 7.13. The fourth-order valence-corrected chi connectivity index (χ4v) is 2.46. The van der Waals surface area contributed by atoms with E-state index in [1.165, 1.54) is 0 Å². The molecule has 0 aliphatic carbocycles. The maximum absolute atomic E-state index is 11.3. The first kappa shape index (κ1) is 10.4. The summed E-state index contributed by atoms with van der Waals surface area (Å²) in [4.78, 5) is 15.7. The predicted octanol–water partition coefficient (Wildman–Crippen LogP) is 1.53. The molecule has 0 saturated carbocycles. The van der Waals surface area contributed by atoms with Gasteiger partial charge in [0.25, 0.3) is 0 Å². The lowest BCUT2D eigenvalue weighted by Gasteiger charge is -2.13. The summed E-state index contributed by atoms with van der Waals surface area (Å²) in [5, 5.41) is 9.12. The standard InChI is InChI=1S/C10H15N3OS/c1-7-6-15-10(12-7)13-8-3-2-4-11-9(14)5-8/h6,8H,2-5H2,1H3,(H,11,14)(H,12,13). The van der Waals surface area contributed by atoms with Gasteiger partial charge >= 0.3 is 0 Å². The molecular weight excluding hydrogens is 210 g/mol. The summed E-state index contributed by atoms with van der Waals surface area (Å²) in [5.74, 6) is 0.137. The van der Waals surface area contributed by atoms with Gasteiger partial charge in [0.05, 0.1) is 5.69 Å². The van der Waals surface area contributed by atoms with Gasteiger partial charge in [0.2, 0.25) is 5.91 Å². The zero-order chi connectivity index (χ0) is 10.7. The average molecular weight is 225 g/mol. The van der Waals surface area contributed by atoms with Crippen molar-refractivity contribution in [1.29, 1.82) is 0 Å². The number of hydrogen-bond acceptors (Lipinski definition) is 4. The maximum Gasteiger partial charge on any atom is 0.222 e. The number of nitrogens with zero attached hydrogens (tertiary/aromatic N) is 1. The lowest BCUT2D eigenvalue weighted by molar-refractivity contribution is -0.120. The molecule has 1 fully saturated rings. The minimum Gasteiger partial charge on any atom is -0.358 e. The third-order valence-corrected chi connectivity index (χ3v) is 3.32. The van der Waals surface area contributed by atoms with Crippen LogP contribution in [0.5, 0.6) is 0 Å². The number of thiazole rings is 1. The Morgan fingerprint density at radius 3 is 3.27 bits per heavy atom. The zero-order valence-corrected chi connectivity index (χ0v) is 9.56. The number of carbonyl (C=O) groups excluding carboxylic acids is 1. The highest BCUT2D eigenvalue weighted by atomic mass is 32.1.